The molecule has 0 bridgehead atoms. The van der Waals surface area contributed by atoms with Crippen molar-refractivity contribution >= 4 is 50.7 Å². The van der Waals surface area contributed by atoms with Gasteiger partial charge in [0.15, 0.2) is 5.82 Å². The summed E-state index contributed by atoms with van der Waals surface area (Å²) < 4.78 is 5.78. The lowest BCUT2D eigenvalue weighted by Crippen LogP contribution is -2.45. The molecule has 0 aliphatic carbocycles. The Labute approximate surface area is 210 Å². The second-order valence-corrected chi connectivity index (χ2v) is 9.63. The molecule has 182 valence electrons. The molecule has 3 amide bonds. The number of carbonyl (C=O) groups excluding carboxylic acids is 2. The molecule has 0 spiro atoms. The molecule has 36 heavy (non-hydrogen) atoms. The van der Waals surface area contributed by atoms with Crippen molar-refractivity contribution in [2.24, 2.45) is 0 Å². The zero-order valence-corrected chi connectivity index (χ0v) is 20.3. The molecule has 4 aromatic rings. The number of pyridine rings is 1. The van der Waals surface area contributed by atoms with Crippen LogP contribution >= 0.6 is 11.3 Å². The van der Waals surface area contributed by atoms with Crippen LogP contribution in [0.1, 0.15) is 28.2 Å². The molecule has 2 aliphatic rings. The van der Waals surface area contributed by atoms with Gasteiger partial charge in [0.2, 0.25) is 5.88 Å². The maximum absolute atomic E-state index is 13.3. The van der Waals surface area contributed by atoms with Crippen molar-refractivity contribution in [3.8, 4) is 11.6 Å². The van der Waals surface area contributed by atoms with E-state index in [1.54, 1.807) is 19.2 Å². The molecular formula is C25H23N7O3S. The fourth-order valence-electron chi connectivity index (χ4n) is 4.51. The van der Waals surface area contributed by atoms with E-state index in [4.69, 9.17) is 4.74 Å². The van der Waals surface area contributed by atoms with Crippen molar-refractivity contribution in [3.63, 3.8) is 0 Å². The zero-order valence-electron chi connectivity index (χ0n) is 19.4. The standard InChI is InChI=1S/C25H23N7O3S/c1-14-22(28-13-18(29-14)35-16-7-3-2-4-8-16)32-17-9-11-27-24-19(17)20(31-25(32)34)21(36-24)23(33)30-15-6-5-10-26-12-15/h2-4,7-9,11,13,15,26H,5-6,10,12H2,1H3,(H,30,33)(H,31,34). The minimum Gasteiger partial charge on any atom is -0.437 e. The SMILES string of the molecule is Cc1nc(Oc2ccccc2)cnc1N1C(=O)Nc2c(C(=O)NC3CCCNC3)sc3nccc1c23. The predicted molar refractivity (Wildman–Crippen MR) is 137 cm³/mol. The third-order valence-electron chi connectivity index (χ3n) is 6.16. The summed E-state index contributed by atoms with van der Waals surface area (Å²) in [4.78, 5) is 42.5. The van der Waals surface area contributed by atoms with E-state index in [9.17, 15) is 9.59 Å². The summed E-state index contributed by atoms with van der Waals surface area (Å²) in [6, 6.07) is 10.7. The lowest BCUT2D eigenvalue weighted by Gasteiger charge is -2.28. The molecular weight excluding hydrogens is 478 g/mol. The highest BCUT2D eigenvalue weighted by molar-refractivity contribution is 7.21. The largest absolute Gasteiger partial charge is 0.437 e. The first-order valence-corrected chi connectivity index (χ1v) is 12.5. The van der Waals surface area contributed by atoms with Gasteiger partial charge >= 0.3 is 6.03 Å². The van der Waals surface area contributed by atoms with Crippen LogP contribution in [0.4, 0.5) is 22.0 Å². The number of ether oxygens (including phenoxy) is 1. The third-order valence-corrected chi connectivity index (χ3v) is 7.26. The molecule has 1 fully saturated rings. The first-order chi connectivity index (χ1) is 17.6. The van der Waals surface area contributed by atoms with Gasteiger partial charge in [-0.05, 0) is 44.5 Å². The number of anilines is 3. The van der Waals surface area contributed by atoms with Gasteiger partial charge in [0.05, 0.1) is 28.7 Å². The highest BCUT2D eigenvalue weighted by Gasteiger charge is 2.34. The van der Waals surface area contributed by atoms with Gasteiger partial charge in [-0.25, -0.2) is 24.6 Å². The van der Waals surface area contributed by atoms with Crippen molar-refractivity contribution < 1.29 is 14.3 Å². The first kappa shape index (κ1) is 22.4. The minimum atomic E-state index is -0.420. The number of piperidine rings is 1. The molecule has 1 atom stereocenters. The van der Waals surface area contributed by atoms with E-state index in [1.165, 1.54) is 22.4 Å². The average molecular weight is 502 g/mol. The summed E-state index contributed by atoms with van der Waals surface area (Å²) in [5.74, 6) is 1.13. The average Bonchev–Trinajstić information content (AvgIpc) is 3.26. The number of amides is 3. The van der Waals surface area contributed by atoms with Gasteiger partial charge in [-0.3, -0.25) is 4.79 Å². The number of para-hydroxylation sites is 1. The van der Waals surface area contributed by atoms with Gasteiger partial charge in [0.1, 0.15) is 15.5 Å². The van der Waals surface area contributed by atoms with Crippen LogP contribution in [0.3, 0.4) is 0 Å². The number of nitrogens with one attached hydrogen (secondary N) is 3. The van der Waals surface area contributed by atoms with Gasteiger partial charge in [0, 0.05) is 18.8 Å². The van der Waals surface area contributed by atoms with E-state index in [-0.39, 0.29) is 11.9 Å². The molecule has 2 aliphatic heterocycles. The summed E-state index contributed by atoms with van der Waals surface area (Å²) in [6.07, 6.45) is 5.05. The number of carbonyl (C=O) groups is 2. The molecule has 6 rings (SSSR count). The molecule has 1 aromatic carbocycles. The Morgan fingerprint density at radius 1 is 1.22 bits per heavy atom. The summed E-state index contributed by atoms with van der Waals surface area (Å²) in [5.41, 5.74) is 1.60. The maximum Gasteiger partial charge on any atom is 0.332 e. The quantitative estimate of drug-likeness (QED) is 0.372. The zero-order chi connectivity index (χ0) is 24.6. The van der Waals surface area contributed by atoms with Crippen LogP contribution < -0.4 is 25.6 Å². The van der Waals surface area contributed by atoms with Crippen molar-refractivity contribution in [2.75, 3.05) is 23.3 Å². The molecule has 1 unspecified atom stereocenters. The molecule has 1 saturated heterocycles. The van der Waals surface area contributed by atoms with E-state index >= 15 is 0 Å². The summed E-state index contributed by atoms with van der Waals surface area (Å²) in [6.45, 7) is 3.46. The van der Waals surface area contributed by atoms with Crippen molar-refractivity contribution in [1.82, 2.24) is 25.6 Å². The lowest BCUT2D eigenvalue weighted by atomic mass is 10.1. The highest BCUT2D eigenvalue weighted by atomic mass is 32.1. The number of hydrogen-bond donors (Lipinski definition) is 3. The van der Waals surface area contributed by atoms with Crippen molar-refractivity contribution in [2.45, 2.75) is 25.8 Å². The monoisotopic (exact) mass is 501 g/mol. The van der Waals surface area contributed by atoms with Crippen LogP contribution in [0, 0.1) is 6.92 Å². The fourth-order valence-corrected chi connectivity index (χ4v) is 5.53. The van der Waals surface area contributed by atoms with E-state index < -0.39 is 6.03 Å². The van der Waals surface area contributed by atoms with Crippen molar-refractivity contribution in [1.29, 1.82) is 0 Å². The van der Waals surface area contributed by atoms with Crippen LogP contribution in [0.5, 0.6) is 11.6 Å². The van der Waals surface area contributed by atoms with Crippen LogP contribution in [-0.2, 0) is 0 Å². The molecule has 11 heteroatoms. The summed E-state index contributed by atoms with van der Waals surface area (Å²) >= 11 is 1.27. The number of rotatable bonds is 5. The molecule has 5 heterocycles. The first-order valence-electron chi connectivity index (χ1n) is 11.7. The fraction of sp³-hybridized carbons (Fsp3) is 0.240. The minimum absolute atomic E-state index is 0.0569. The number of thiophene rings is 1. The van der Waals surface area contributed by atoms with Crippen molar-refractivity contribution in [3.05, 3.63) is 59.4 Å². The van der Waals surface area contributed by atoms with E-state index in [2.05, 4.69) is 30.9 Å². The molecule has 3 aromatic heterocycles. The number of aryl methyl sites for hydroxylation is 1. The van der Waals surface area contributed by atoms with Crippen LogP contribution in [0.15, 0.2) is 48.8 Å². The number of hydrogen-bond acceptors (Lipinski definition) is 8. The maximum atomic E-state index is 13.3. The van der Waals surface area contributed by atoms with Crippen LogP contribution in [0.2, 0.25) is 0 Å². The molecule has 10 nitrogen and oxygen atoms in total. The Bertz CT molecular complexity index is 1470. The number of urea groups is 1. The smallest absolute Gasteiger partial charge is 0.332 e. The molecule has 3 N–H and O–H groups in total. The second-order valence-electron chi connectivity index (χ2n) is 8.63. The third kappa shape index (κ3) is 4.01. The molecule has 0 radical (unpaired) electrons. The number of aromatic nitrogens is 3. The number of nitrogens with zero attached hydrogens (tertiary/aromatic N) is 4. The van der Waals surface area contributed by atoms with E-state index in [0.717, 1.165) is 25.9 Å². The normalized spacial score (nSPS) is 17.1. The summed E-state index contributed by atoms with van der Waals surface area (Å²) in [7, 11) is 0. The topological polar surface area (TPSA) is 121 Å². The van der Waals surface area contributed by atoms with Gasteiger partial charge in [-0.2, -0.15) is 0 Å². The molecule has 0 saturated carbocycles. The van der Waals surface area contributed by atoms with Gasteiger partial charge in [0.25, 0.3) is 5.91 Å². The second kappa shape index (κ2) is 9.17. The Morgan fingerprint density at radius 3 is 2.86 bits per heavy atom. The van der Waals surface area contributed by atoms with E-state index in [1.807, 2.05) is 30.3 Å². The predicted octanol–water partition coefficient (Wildman–Crippen LogP) is 4.35. The summed E-state index contributed by atoms with van der Waals surface area (Å²) in [5, 5.41) is 10.00. The Balaban J connectivity index is 1.34. The van der Waals surface area contributed by atoms with Gasteiger partial charge in [-0.15, -0.1) is 11.3 Å². The Kier molecular flexibility index (Phi) is 5.70. The van der Waals surface area contributed by atoms with Crippen LogP contribution in [0.25, 0.3) is 10.2 Å². The van der Waals surface area contributed by atoms with Crippen LogP contribution in [-0.4, -0.2) is 46.0 Å². The number of benzene rings is 1. The Hall–Kier alpha value is -4.09. The van der Waals surface area contributed by atoms with Gasteiger partial charge in [-0.1, -0.05) is 18.2 Å². The highest BCUT2D eigenvalue weighted by Crippen LogP contribution is 2.45. The van der Waals surface area contributed by atoms with E-state index in [0.29, 0.717) is 49.6 Å². The van der Waals surface area contributed by atoms with Gasteiger partial charge < -0.3 is 20.7 Å². The lowest BCUT2D eigenvalue weighted by molar-refractivity contribution is 0.0935. The Morgan fingerprint density at radius 2 is 2.08 bits per heavy atom.